The molecule has 0 bridgehead atoms. The summed E-state index contributed by atoms with van der Waals surface area (Å²) in [5.41, 5.74) is 1.56. The van der Waals surface area contributed by atoms with Crippen molar-refractivity contribution in [2.24, 2.45) is 5.92 Å². The van der Waals surface area contributed by atoms with E-state index in [1.807, 2.05) is 48.5 Å². The van der Waals surface area contributed by atoms with Crippen molar-refractivity contribution in [1.82, 2.24) is 10.6 Å². The van der Waals surface area contributed by atoms with E-state index >= 15 is 0 Å². The minimum Gasteiger partial charge on any atom is -0.479 e. The van der Waals surface area contributed by atoms with Crippen LogP contribution in [0.15, 0.2) is 48.5 Å². The molecule has 4 N–H and O–H groups in total. The van der Waals surface area contributed by atoms with Crippen LogP contribution in [0.4, 0.5) is 13.6 Å². The summed E-state index contributed by atoms with van der Waals surface area (Å²) in [6.45, 7) is -0.114. The molecular weight excluding hydrogens is 462 g/mol. The van der Waals surface area contributed by atoms with Crippen molar-refractivity contribution in [1.29, 1.82) is 0 Å². The molecule has 0 aliphatic heterocycles. The molecule has 0 spiro atoms. The zero-order valence-corrected chi connectivity index (χ0v) is 19.0. The van der Waals surface area contributed by atoms with Gasteiger partial charge in [-0.05, 0) is 47.9 Å². The first-order valence-electron chi connectivity index (χ1n) is 11.3. The molecule has 0 radical (unpaired) electrons. The van der Waals surface area contributed by atoms with Crippen LogP contribution in [0.1, 0.15) is 36.8 Å². The van der Waals surface area contributed by atoms with Crippen LogP contribution in [0.25, 0.3) is 11.1 Å². The lowest BCUT2D eigenvalue weighted by atomic mass is 9.98. The normalized spacial score (nSPS) is 17.5. The van der Waals surface area contributed by atoms with Crippen LogP contribution in [0.2, 0.25) is 0 Å². The van der Waals surface area contributed by atoms with Crippen LogP contribution >= 0.6 is 0 Å². The summed E-state index contributed by atoms with van der Waals surface area (Å²) < 4.78 is 35.2. The fourth-order valence-electron chi connectivity index (χ4n) is 4.29. The number of carbonyl (C=O) groups excluding carboxylic acids is 2. The van der Waals surface area contributed by atoms with Gasteiger partial charge in [0.2, 0.25) is 0 Å². The zero-order chi connectivity index (χ0) is 25.4. The molecule has 35 heavy (non-hydrogen) atoms. The molecule has 186 valence electrons. The zero-order valence-electron chi connectivity index (χ0n) is 19.0. The number of nitrogens with one attached hydrogen (secondary N) is 2. The van der Waals surface area contributed by atoms with Crippen LogP contribution in [-0.2, 0) is 14.3 Å². The summed E-state index contributed by atoms with van der Waals surface area (Å²) in [4.78, 5) is 35.7. The van der Waals surface area contributed by atoms with Crippen molar-refractivity contribution in [3.05, 3.63) is 59.7 Å². The SMILES string of the molecule is CC(O)(CNC(=O)C(F)(F)C(NC(=O)OCC1c2ccccc2-c2ccccc21)C1CC1)C(=O)O. The molecule has 2 aliphatic carbocycles. The Hall–Kier alpha value is -3.53. The second-order valence-electron chi connectivity index (χ2n) is 9.17. The number of carboxylic acid groups (broad SMARTS) is 1. The Balaban J connectivity index is 1.41. The first-order chi connectivity index (χ1) is 16.5. The monoisotopic (exact) mass is 488 g/mol. The number of alkyl carbamates (subject to hydrolysis) is 1. The maximum Gasteiger partial charge on any atom is 0.407 e. The molecule has 2 atom stereocenters. The van der Waals surface area contributed by atoms with Gasteiger partial charge < -0.3 is 25.6 Å². The molecule has 2 aromatic rings. The standard InChI is InChI=1S/C25H26F2N2O6/c1-24(34,22(31)32)13-28-21(30)25(26,27)20(14-10-11-14)29-23(33)35-12-19-17-8-4-2-6-15(17)16-7-3-5-9-18(16)19/h2-9,14,19-20,34H,10-13H2,1H3,(H,28,30)(H,29,33)(H,31,32). The van der Waals surface area contributed by atoms with Crippen molar-refractivity contribution in [3.63, 3.8) is 0 Å². The number of hydrogen-bond donors (Lipinski definition) is 4. The van der Waals surface area contributed by atoms with Crippen LogP contribution in [-0.4, -0.2) is 58.9 Å². The molecular formula is C25H26F2N2O6. The Morgan fingerprint density at radius 3 is 2.11 bits per heavy atom. The van der Waals surface area contributed by atoms with E-state index in [0.717, 1.165) is 29.2 Å². The third-order valence-corrected chi connectivity index (χ3v) is 6.46. The fourth-order valence-corrected chi connectivity index (χ4v) is 4.29. The topological polar surface area (TPSA) is 125 Å². The van der Waals surface area contributed by atoms with Crippen molar-refractivity contribution in [3.8, 4) is 11.1 Å². The fraction of sp³-hybridized carbons (Fsp3) is 0.400. The summed E-state index contributed by atoms with van der Waals surface area (Å²) >= 11 is 0. The number of alkyl halides is 2. The predicted molar refractivity (Wildman–Crippen MR) is 121 cm³/mol. The lowest BCUT2D eigenvalue weighted by molar-refractivity contribution is -0.159. The first kappa shape index (κ1) is 24.6. The summed E-state index contributed by atoms with van der Waals surface area (Å²) in [6, 6.07) is 13.6. The van der Waals surface area contributed by atoms with E-state index in [0.29, 0.717) is 12.8 Å². The Morgan fingerprint density at radius 2 is 1.60 bits per heavy atom. The third-order valence-electron chi connectivity index (χ3n) is 6.46. The van der Waals surface area contributed by atoms with Gasteiger partial charge >= 0.3 is 18.0 Å². The number of hydrogen-bond acceptors (Lipinski definition) is 5. The lowest BCUT2D eigenvalue weighted by Crippen LogP contribution is -2.59. The van der Waals surface area contributed by atoms with Gasteiger partial charge in [-0.3, -0.25) is 4.79 Å². The number of aliphatic carboxylic acids is 1. The molecule has 4 rings (SSSR count). The summed E-state index contributed by atoms with van der Waals surface area (Å²) in [7, 11) is 0. The van der Waals surface area contributed by atoms with E-state index in [-0.39, 0.29) is 12.5 Å². The Bertz CT molecular complexity index is 1100. The minimum atomic E-state index is -4.04. The van der Waals surface area contributed by atoms with Gasteiger partial charge in [-0.25, -0.2) is 9.59 Å². The van der Waals surface area contributed by atoms with Crippen LogP contribution in [0.5, 0.6) is 0 Å². The van der Waals surface area contributed by atoms with E-state index in [2.05, 4.69) is 5.32 Å². The van der Waals surface area contributed by atoms with Crippen LogP contribution < -0.4 is 10.6 Å². The van der Waals surface area contributed by atoms with Crippen LogP contribution in [0, 0.1) is 5.92 Å². The van der Waals surface area contributed by atoms with Gasteiger partial charge in [-0.15, -0.1) is 0 Å². The van der Waals surface area contributed by atoms with E-state index in [1.54, 1.807) is 5.32 Å². The summed E-state index contributed by atoms with van der Waals surface area (Å²) in [5, 5.41) is 22.5. The molecule has 8 nitrogen and oxygen atoms in total. The Morgan fingerprint density at radius 1 is 1.06 bits per heavy atom. The van der Waals surface area contributed by atoms with Crippen LogP contribution in [0.3, 0.4) is 0 Å². The van der Waals surface area contributed by atoms with E-state index in [1.165, 1.54) is 0 Å². The van der Waals surface area contributed by atoms with Gasteiger partial charge in [0.1, 0.15) is 12.6 Å². The van der Waals surface area contributed by atoms with E-state index in [9.17, 15) is 28.3 Å². The van der Waals surface area contributed by atoms with Gasteiger partial charge in [-0.2, -0.15) is 8.78 Å². The number of ether oxygens (including phenoxy) is 1. The third kappa shape index (κ3) is 4.97. The smallest absolute Gasteiger partial charge is 0.407 e. The highest BCUT2D eigenvalue weighted by Gasteiger charge is 2.55. The number of benzene rings is 2. The molecule has 2 aromatic carbocycles. The van der Waals surface area contributed by atoms with E-state index in [4.69, 9.17) is 9.84 Å². The number of halogens is 2. The molecule has 2 aliphatic rings. The largest absolute Gasteiger partial charge is 0.479 e. The molecule has 2 unspecified atom stereocenters. The van der Waals surface area contributed by atoms with E-state index < -0.39 is 48.0 Å². The molecule has 10 heteroatoms. The van der Waals surface area contributed by atoms with Gasteiger partial charge in [0.15, 0.2) is 5.60 Å². The van der Waals surface area contributed by atoms with Crippen molar-refractivity contribution in [2.75, 3.05) is 13.2 Å². The van der Waals surface area contributed by atoms with Gasteiger partial charge in [0.05, 0.1) is 6.54 Å². The van der Waals surface area contributed by atoms with Crippen molar-refractivity contribution >= 4 is 18.0 Å². The Kier molecular flexibility index (Phi) is 6.50. The number of carbonyl (C=O) groups is 3. The average Bonchev–Trinajstić information content (AvgIpc) is 3.61. The molecule has 0 aromatic heterocycles. The predicted octanol–water partition coefficient (Wildman–Crippen LogP) is 2.89. The first-order valence-corrected chi connectivity index (χ1v) is 11.3. The maximum atomic E-state index is 14.9. The van der Waals surface area contributed by atoms with Gasteiger partial charge in [0, 0.05) is 5.92 Å². The minimum absolute atomic E-state index is 0.0729. The molecule has 2 amide bonds. The second kappa shape index (κ2) is 9.26. The van der Waals surface area contributed by atoms with Crippen molar-refractivity contribution < 1.29 is 38.1 Å². The highest BCUT2D eigenvalue weighted by Crippen LogP contribution is 2.44. The van der Waals surface area contributed by atoms with Gasteiger partial charge in [0.25, 0.3) is 5.91 Å². The second-order valence-corrected chi connectivity index (χ2v) is 9.17. The quantitative estimate of drug-likeness (QED) is 0.430. The molecule has 1 saturated carbocycles. The number of amides is 2. The van der Waals surface area contributed by atoms with Gasteiger partial charge in [-0.1, -0.05) is 48.5 Å². The number of aliphatic hydroxyl groups is 1. The Labute approximate surface area is 200 Å². The highest BCUT2D eigenvalue weighted by atomic mass is 19.3. The summed E-state index contributed by atoms with van der Waals surface area (Å²) in [5.74, 6) is -8.38. The molecule has 1 fully saturated rings. The lowest BCUT2D eigenvalue weighted by Gasteiger charge is -2.28. The maximum absolute atomic E-state index is 14.9. The number of fused-ring (bicyclic) bond motifs is 3. The summed E-state index contributed by atoms with van der Waals surface area (Å²) in [6.07, 6.45) is -0.289. The average molecular weight is 488 g/mol. The number of rotatable bonds is 9. The molecule has 0 heterocycles. The molecule has 0 saturated heterocycles. The number of carboxylic acids is 1. The van der Waals surface area contributed by atoms with Crippen molar-refractivity contribution in [2.45, 2.75) is 43.2 Å². The highest BCUT2D eigenvalue weighted by molar-refractivity contribution is 5.86.